The van der Waals surface area contributed by atoms with Gasteiger partial charge in [-0.15, -0.1) is 0 Å². The van der Waals surface area contributed by atoms with Crippen LogP contribution in [0.25, 0.3) is 11.3 Å². The maximum atomic E-state index is 12.1. The van der Waals surface area contributed by atoms with Crippen LogP contribution in [0, 0.1) is 0 Å². The molecular formula is C20H19NO5. The zero-order chi connectivity index (χ0) is 18.4. The number of aromatic nitrogens is 1. The van der Waals surface area contributed by atoms with Crippen LogP contribution >= 0.6 is 0 Å². The van der Waals surface area contributed by atoms with Gasteiger partial charge < -0.3 is 18.7 Å². The van der Waals surface area contributed by atoms with Crippen molar-refractivity contribution in [3.8, 4) is 22.8 Å². The van der Waals surface area contributed by atoms with Gasteiger partial charge in [0, 0.05) is 11.6 Å². The lowest BCUT2D eigenvalue weighted by Crippen LogP contribution is -2.05. The first-order chi connectivity index (χ1) is 12.7. The molecular weight excluding hydrogens is 334 g/mol. The number of benzene rings is 2. The Kier molecular flexibility index (Phi) is 5.53. The summed E-state index contributed by atoms with van der Waals surface area (Å²) in [5, 5.41) is 3.94. The van der Waals surface area contributed by atoms with Crippen LogP contribution in [0.5, 0.6) is 11.5 Å². The van der Waals surface area contributed by atoms with E-state index in [1.165, 1.54) is 0 Å². The summed E-state index contributed by atoms with van der Waals surface area (Å²) < 4.78 is 21.1. The fourth-order valence-corrected chi connectivity index (χ4v) is 2.35. The van der Waals surface area contributed by atoms with Crippen LogP contribution in [0.2, 0.25) is 0 Å². The molecule has 0 aliphatic rings. The van der Waals surface area contributed by atoms with E-state index in [0.717, 1.165) is 11.3 Å². The van der Waals surface area contributed by atoms with E-state index < -0.39 is 5.97 Å². The predicted octanol–water partition coefficient (Wildman–Crippen LogP) is 4.11. The molecule has 3 rings (SSSR count). The van der Waals surface area contributed by atoms with Crippen molar-refractivity contribution in [1.82, 2.24) is 5.16 Å². The maximum absolute atomic E-state index is 12.1. The predicted molar refractivity (Wildman–Crippen MR) is 95.2 cm³/mol. The van der Waals surface area contributed by atoms with E-state index in [9.17, 15) is 4.79 Å². The average Bonchev–Trinajstić information content (AvgIpc) is 3.16. The highest BCUT2D eigenvalue weighted by molar-refractivity contribution is 5.89. The highest BCUT2D eigenvalue weighted by Crippen LogP contribution is 2.23. The highest BCUT2D eigenvalue weighted by Gasteiger charge is 2.11. The minimum Gasteiger partial charge on any atom is -0.497 e. The third-order valence-electron chi connectivity index (χ3n) is 3.69. The molecule has 0 N–H and O–H groups in total. The topological polar surface area (TPSA) is 70.8 Å². The molecule has 0 amide bonds. The second kappa shape index (κ2) is 8.20. The Hall–Kier alpha value is -3.28. The molecule has 0 aliphatic heterocycles. The molecule has 0 saturated carbocycles. The number of methoxy groups -OCH3 is 1. The van der Waals surface area contributed by atoms with Crippen LogP contribution in [0.3, 0.4) is 0 Å². The number of hydrogen-bond donors (Lipinski definition) is 0. The fraction of sp³-hybridized carbons (Fsp3) is 0.200. The SMILES string of the molecule is CCOc1ccc(C(=O)OCc2cc(-c3ccc(OC)cc3)on2)cc1. The van der Waals surface area contributed by atoms with Crippen molar-refractivity contribution in [1.29, 1.82) is 0 Å². The van der Waals surface area contributed by atoms with Gasteiger partial charge in [-0.25, -0.2) is 4.79 Å². The molecule has 6 heteroatoms. The Balaban J connectivity index is 1.59. The second-order valence-corrected chi connectivity index (χ2v) is 5.44. The fourth-order valence-electron chi connectivity index (χ4n) is 2.35. The van der Waals surface area contributed by atoms with Gasteiger partial charge in [0.2, 0.25) is 0 Å². The van der Waals surface area contributed by atoms with Crippen LogP contribution in [0.15, 0.2) is 59.1 Å². The molecule has 0 fully saturated rings. The van der Waals surface area contributed by atoms with Gasteiger partial charge in [0.1, 0.15) is 23.8 Å². The number of nitrogens with zero attached hydrogens (tertiary/aromatic N) is 1. The lowest BCUT2D eigenvalue weighted by atomic mass is 10.1. The monoisotopic (exact) mass is 353 g/mol. The summed E-state index contributed by atoms with van der Waals surface area (Å²) in [5.74, 6) is 1.64. The van der Waals surface area contributed by atoms with Gasteiger partial charge >= 0.3 is 5.97 Å². The molecule has 6 nitrogen and oxygen atoms in total. The summed E-state index contributed by atoms with van der Waals surface area (Å²) in [6, 6.07) is 16.0. The molecule has 0 aliphatic carbocycles. The van der Waals surface area contributed by atoms with Crippen LogP contribution < -0.4 is 9.47 Å². The van der Waals surface area contributed by atoms with Gasteiger partial charge in [0.05, 0.1) is 19.3 Å². The highest BCUT2D eigenvalue weighted by atomic mass is 16.5. The third-order valence-corrected chi connectivity index (χ3v) is 3.69. The molecule has 2 aromatic carbocycles. The minimum absolute atomic E-state index is 0.0334. The van der Waals surface area contributed by atoms with Gasteiger partial charge in [-0.3, -0.25) is 0 Å². The van der Waals surface area contributed by atoms with Gasteiger partial charge in [-0.1, -0.05) is 5.16 Å². The van der Waals surface area contributed by atoms with Crippen molar-refractivity contribution in [3.05, 3.63) is 65.9 Å². The summed E-state index contributed by atoms with van der Waals surface area (Å²) in [4.78, 5) is 12.1. The number of hydrogen-bond acceptors (Lipinski definition) is 6. The molecule has 134 valence electrons. The van der Waals surface area contributed by atoms with Crippen molar-refractivity contribution < 1.29 is 23.5 Å². The van der Waals surface area contributed by atoms with Crippen LogP contribution in [0.1, 0.15) is 23.0 Å². The number of carbonyl (C=O) groups excluding carboxylic acids is 1. The summed E-state index contributed by atoms with van der Waals surface area (Å²) in [5.41, 5.74) is 1.85. The molecule has 0 atom stereocenters. The first kappa shape index (κ1) is 17.5. The summed E-state index contributed by atoms with van der Waals surface area (Å²) in [6.45, 7) is 2.51. The van der Waals surface area contributed by atoms with Crippen molar-refractivity contribution >= 4 is 5.97 Å². The summed E-state index contributed by atoms with van der Waals surface area (Å²) in [7, 11) is 1.61. The normalized spacial score (nSPS) is 10.4. The maximum Gasteiger partial charge on any atom is 0.338 e. The quantitative estimate of drug-likeness (QED) is 0.596. The van der Waals surface area contributed by atoms with Crippen molar-refractivity contribution in [2.24, 2.45) is 0 Å². The first-order valence-electron chi connectivity index (χ1n) is 8.19. The molecule has 0 unspecified atom stereocenters. The molecule has 26 heavy (non-hydrogen) atoms. The number of ether oxygens (including phenoxy) is 3. The van der Waals surface area contributed by atoms with E-state index in [-0.39, 0.29) is 6.61 Å². The van der Waals surface area contributed by atoms with Crippen molar-refractivity contribution in [2.45, 2.75) is 13.5 Å². The van der Waals surface area contributed by atoms with Gasteiger partial charge in [-0.05, 0) is 55.5 Å². The molecule has 3 aromatic rings. The third kappa shape index (κ3) is 4.22. The van der Waals surface area contributed by atoms with Crippen molar-refractivity contribution in [3.63, 3.8) is 0 Å². The summed E-state index contributed by atoms with van der Waals surface area (Å²) >= 11 is 0. The molecule has 0 bridgehead atoms. The molecule has 0 radical (unpaired) electrons. The largest absolute Gasteiger partial charge is 0.497 e. The Morgan fingerprint density at radius 2 is 1.73 bits per heavy atom. The molecule has 0 spiro atoms. The number of rotatable bonds is 7. The summed E-state index contributed by atoms with van der Waals surface area (Å²) in [6.07, 6.45) is 0. The van der Waals surface area contributed by atoms with Gasteiger partial charge in [0.15, 0.2) is 5.76 Å². The lowest BCUT2D eigenvalue weighted by Gasteiger charge is -2.05. The Morgan fingerprint density at radius 1 is 1.04 bits per heavy atom. The van der Waals surface area contributed by atoms with E-state index in [4.69, 9.17) is 18.7 Å². The van der Waals surface area contributed by atoms with E-state index in [0.29, 0.717) is 29.4 Å². The molecule has 1 heterocycles. The Labute approximate surface area is 151 Å². The minimum atomic E-state index is -0.429. The zero-order valence-electron chi connectivity index (χ0n) is 14.6. The van der Waals surface area contributed by atoms with Crippen LogP contribution in [-0.4, -0.2) is 24.8 Å². The Morgan fingerprint density at radius 3 is 2.38 bits per heavy atom. The van der Waals surface area contributed by atoms with E-state index in [1.54, 1.807) is 37.4 Å². The standard InChI is InChI=1S/C20H19NO5/c1-3-24-18-10-6-15(7-11-18)20(22)25-13-16-12-19(26-21-16)14-4-8-17(23-2)9-5-14/h4-12H,3,13H2,1-2H3. The lowest BCUT2D eigenvalue weighted by molar-refractivity contribution is 0.0464. The van der Waals surface area contributed by atoms with Crippen LogP contribution in [0.4, 0.5) is 0 Å². The molecule has 1 aromatic heterocycles. The smallest absolute Gasteiger partial charge is 0.338 e. The van der Waals surface area contributed by atoms with E-state index in [1.807, 2.05) is 31.2 Å². The second-order valence-electron chi connectivity index (χ2n) is 5.44. The van der Waals surface area contributed by atoms with E-state index in [2.05, 4.69) is 5.16 Å². The zero-order valence-corrected chi connectivity index (χ0v) is 14.6. The molecule has 0 saturated heterocycles. The first-order valence-corrected chi connectivity index (χ1v) is 8.19. The van der Waals surface area contributed by atoms with Gasteiger partial charge in [0.25, 0.3) is 0 Å². The van der Waals surface area contributed by atoms with Crippen LogP contribution in [-0.2, 0) is 11.3 Å². The van der Waals surface area contributed by atoms with Gasteiger partial charge in [-0.2, -0.15) is 0 Å². The average molecular weight is 353 g/mol. The van der Waals surface area contributed by atoms with E-state index >= 15 is 0 Å². The Bertz CT molecular complexity index is 853. The van der Waals surface area contributed by atoms with Crippen molar-refractivity contribution in [2.75, 3.05) is 13.7 Å². The number of carbonyl (C=O) groups is 1. The number of esters is 1.